The Labute approximate surface area is 130 Å². The van der Waals surface area contributed by atoms with E-state index in [4.69, 9.17) is 9.84 Å². The van der Waals surface area contributed by atoms with E-state index in [1.54, 1.807) is 7.11 Å². The molecule has 0 bridgehead atoms. The Morgan fingerprint density at radius 3 is 2.85 bits per heavy atom. The van der Waals surface area contributed by atoms with Gasteiger partial charge in [-0.2, -0.15) is 0 Å². The molecule has 5 heteroatoms. The standard InChI is InChI=1S/C15H25BrN2O2/c1-3-18(8-4-9-19)15-6-5-14(16)11-13(15)12-17-7-10-20-2/h5-6,11,17,19H,3-4,7-10,12H2,1-2H3. The molecular formula is C15H25BrN2O2. The smallest absolute Gasteiger partial charge is 0.0587 e. The third-order valence-electron chi connectivity index (χ3n) is 3.15. The van der Waals surface area contributed by atoms with Gasteiger partial charge < -0.3 is 20.1 Å². The minimum atomic E-state index is 0.231. The number of aliphatic hydroxyl groups is 1. The minimum absolute atomic E-state index is 0.231. The number of halogens is 1. The van der Waals surface area contributed by atoms with Crippen molar-refractivity contribution in [1.29, 1.82) is 0 Å². The van der Waals surface area contributed by atoms with Gasteiger partial charge in [-0.25, -0.2) is 0 Å². The van der Waals surface area contributed by atoms with E-state index in [-0.39, 0.29) is 6.61 Å². The minimum Gasteiger partial charge on any atom is -0.396 e. The van der Waals surface area contributed by atoms with E-state index in [1.807, 2.05) is 0 Å². The van der Waals surface area contributed by atoms with Gasteiger partial charge >= 0.3 is 0 Å². The Bertz CT molecular complexity index is 388. The SMILES string of the molecule is CCN(CCCO)c1ccc(Br)cc1CNCCOC. The van der Waals surface area contributed by atoms with E-state index >= 15 is 0 Å². The molecule has 0 saturated carbocycles. The lowest BCUT2D eigenvalue weighted by Gasteiger charge is -2.26. The zero-order valence-corrected chi connectivity index (χ0v) is 13.9. The zero-order chi connectivity index (χ0) is 14.8. The average Bonchev–Trinajstić information content (AvgIpc) is 2.46. The highest BCUT2D eigenvalue weighted by atomic mass is 79.9. The number of aliphatic hydroxyl groups excluding tert-OH is 1. The Hall–Kier alpha value is -0.620. The van der Waals surface area contributed by atoms with Gasteiger partial charge in [-0.1, -0.05) is 15.9 Å². The third-order valence-corrected chi connectivity index (χ3v) is 3.64. The van der Waals surface area contributed by atoms with Crippen LogP contribution in [0.2, 0.25) is 0 Å². The maximum atomic E-state index is 9.01. The summed E-state index contributed by atoms with van der Waals surface area (Å²) in [5.74, 6) is 0. The van der Waals surface area contributed by atoms with Crippen LogP contribution in [-0.2, 0) is 11.3 Å². The van der Waals surface area contributed by atoms with E-state index < -0.39 is 0 Å². The molecule has 0 fully saturated rings. The van der Waals surface area contributed by atoms with Crippen LogP contribution in [0, 0.1) is 0 Å². The molecule has 0 spiro atoms. The first-order valence-electron chi connectivity index (χ1n) is 7.06. The topological polar surface area (TPSA) is 44.7 Å². The van der Waals surface area contributed by atoms with Crippen molar-refractivity contribution in [3.63, 3.8) is 0 Å². The van der Waals surface area contributed by atoms with Crippen LogP contribution >= 0.6 is 15.9 Å². The lowest BCUT2D eigenvalue weighted by atomic mass is 10.1. The number of hydrogen-bond donors (Lipinski definition) is 2. The second-order valence-electron chi connectivity index (χ2n) is 4.60. The number of hydrogen-bond acceptors (Lipinski definition) is 4. The number of anilines is 1. The van der Waals surface area contributed by atoms with Crippen molar-refractivity contribution in [2.45, 2.75) is 19.9 Å². The lowest BCUT2D eigenvalue weighted by Crippen LogP contribution is -2.27. The third kappa shape index (κ3) is 5.79. The van der Waals surface area contributed by atoms with Crippen molar-refractivity contribution >= 4 is 21.6 Å². The molecule has 0 aliphatic rings. The Balaban J connectivity index is 2.76. The van der Waals surface area contributed by atoms with E-state index in [1.165, 1.54) is 11.3 Å². The van der Waals surface area contributed by atoms with Gasteiger partial charge in [0.05, 0.1) is 6.61 Å². The fraction of sp³-hybridized carbons (Fsp3) is 0.600. The molecule has 4 nitrogen and oxygen atoms in total. The zero-order valence-electron chi connectivity index (χ0n) is 12.4. The highest BCUT2D eigenvalue weighted by Crippen LogP contribution is 2.24. The number of rotatable bonds is 10. The molecule has 0 radical (unpaired) electrons. The number of benzene rings is 1. The Kier molecular flexibility index (Phi) is 8.85. The van der Waals surface area contributed by atoms with E-state index in [0.29, 0.717) is 6.61 Å². The predicted octanol–water partition coefficient (Wildman–Crippen LogP) is 2.39. The number of ether oxygens (including phenoxy) is 1. The summed E-state index contributed by atoms with van der Waals surface area (Å²) < 4.78 is 6.13. The van der Waals surface area contributed by atoms with Gasteiger partial charge in [0.25, 0.3) is 0 Å². The second-order valence-corrected chi connectivity index (χ2v) is 5.52. The first-order chi connectivity index (χ1) is 9.72. The molecule has 0 amide bonds. The fourth-order valence-corrected chi connectivity index (χ4v) is 2.52. The van der Waals surface area contributed by atoms with Crippen LogP contribution in [-0.4, -0.2) is 45.1 Å². The van der Waals surface area contributed by atoms with Gasteiger partial charge in [0.1, 0.15) is 0 Å². The summed E-state index contributed by atoms with van der Waals surface area (Å²) in [5.41, 5.74) is 2.49. The summed E-state index contributed by atoms with van der Waals surface area (Å²) in [7, 11) is 1.71. The molecule has 0 aliphatic heterocycles. The average molecular weight is 345 g/mol. The molecule has 1 aromatic rings. The van der Waals surface area contributed by atoms with Crippen molar-refractivity contribution in [1.82, 2.24) is 5.32 Å². The highest BCUT2D eigenvalue weighted by Gasteiger charge is 2.10. The monoisotopic (exact) mass is 344 g/mol. The van der Waals surface area contributed by atoms with Gasteiger partial charge in [-0.05, 0) is 37.1 Å². The molecule has 20 heavy (non-hydrogen) atoms. The van der Waals surface area contributed by atoms with Crippen LogP contribution in [0.3, 0.4) is 0 Å². The molecule has 0 aliphatic carbocycles. The van der Waals surface area contributed by atoms with Crippen molar-refractivity contribution in [3.8, 4) is 0 Å². The molecule has 1 rings (SSSR count). The normalized spacial score (nSPS) is 10.8. The van der Waals surface area contributed by atoms with Crippen molar-refractivity contribution in [2.24, 2.45) is 0 Å². The van der Waals surface area contributed by atoms with E-state index in [0.717, 1.165) is 37.1 Å². The summed E-state index contributed by atoms with van der Waals surface area (Å²) in [6.45, 7) is 6.55. The van der Waals surface area contributed by atoms with Crippen molar-refractivity contribution in [3.05, 3.63) is 28.2 Å². The van der Waals surface area contributed by atoms with Gasteiger partial charge in [0.15, 0.2) is 0 Å². The molecule has 2 N–H and O–H groups in total. The quantitative estimate of drug-likeness (QED) is 0.639. The molecule has 0 unspecified atom stereocenters. The summed E-state index contributed by atoms with van der Waals surface area (Å²) >= 11 is 3.53. The van der Waals surface area contributed by atoms with Gasteiger partial charge in [-0.3, -0.25) is 0 Å². The molecule has 114 valence electrons. The first-order valence-corrected chi connectivity index (χ1v) is 7.86. The van der Waals surface area contributed by atoms with Crippen LogP contribution in [0.4, 0.5) is 5.69 Å². The molecule has 0 heterocycles. The summed E-state index contributed by atoms with van der Waals surface area (Å²) in [6.07, 6.45) is 0.792. The van der Waals surface area contributed by atoms with Crippen LogP contribution in [0.1, 0.15) is 18.9 Å². The van der Waals surface area contributed by atoms with E-state index in [2.05, 4.69) is 51.3 Å². The summed E-state index contributed by atoms with van der Waals surface area (Å²) in [6, 6.07) is 6.35. The highest BCUT2D eigenvalue weighted by molar-refractivity contribution is 9.10. The van der Waals surface area contributed by atoms with Crippen molar-refractivity contribution in [2.75, 3.05) is 44.9 Å². The summed E-state index contributed by atoms with van der Waals surface area (Å²) in [4.78, 5) is 2.30. The van der Waals surface area contributed by atoms with Gasteiger partial charge in [-0.15, -0.1) is 0 Å². The van der Waals surface area contributed by atoms with Crippen LogP contribution in [0.15, 0.2) is 22.7 Å². The second kappa shape index (κ2) is 10.2. The molecule has 0 atom stereocenters. The molecule has 1 aromatic carbocycles. The maximum absolute atomic E-state index is 9.01. The summed E-state index contributed by atoms with van der Waals surface area (Å²) in [5, 5.41) is 12.4. The lowest BCUT2D eigenvalue weighted by molar-refractivity contribution is 0.199. The number of methoxy groups -OCH3 is 1. The van der Waals surface area contributed by atoms with Crippen LogP contribution < -0.4 is 10.2 Å². The fourth-order valence-electron chi connectivity index (χ4n) is 2.11. The molecule has 0 aromatic heterocycles. The van der Waals surface area contributed by atoms with Gasteiger partial charge in [0.2, 0.25) is 0 Å². The molecular weight excluding hydrogens is 320 g/mol. The van der Waals surface area contributed by atoms with E-state index in [9.17, 15) is 0 Å². The molecule has 0 saturated heterocycles. The number of nitrogens with zero attached hydrogens (tertiary/aromatic N) is 1. The van der Waals surface area contributed by atoms with Gasteiger partial charge in [0, 0.05) is 50.1 Å². The van der Waals surface area contributed by atoms with Crippen LogP contribution in [0.5, 0.6) is 0 Å². The maximum Gasteiger partial charge on any atom is 0.0587 e. The first kappa shape index (κ1) is 17.4. The Morgan fingerprint density at radius 2 is 2.20 bits per heavy atom. The van der Waals surface area contributed by atoms with Crippen LogP contribution in [0.25, 0.3) is 0 Å². The number of nitrogens with one attached hydrogen (secondary N) is 1. The Morgan fingerprint density at radius 1 is 1.40 bits per heavy atom. The predicted molar refractivity (Wildman–Crippen MR) is 87.3 cm³/mol. The van der Waals surface area contributed by atoms with Crippen molar-refractivity contribution < 1.29 is 9.84 Å². The largest absolute Gasteiger partial charge is 0.396 e.